The Morgan fingerprint density at radius 1 is 1.18 bits per heavy atom. The van der Waals surface area contributed by atoms with Gasteiger partial charge in [0.2, 0.25) is 11.8 Å². The number of fused-ring (bicyclic) bond motifs is 1. The lowest BCUT2D eigenvalue weighted by atomic mass is 9.72. The van der Waals surface area contributed by atoms with E-state index in [-0.39, 0.29) is 36.7 Å². The molecular weight excluding hydrogens is 524 g/mol. The van der Waals surface area contributed by atoms with Crippen molar-refractivity contribution in [2.75, 3.05) is 17.2 Å². The van der Waals surface area contributed by atoms with Gasteiger partial charge in [-0.25, -0.2) is 4.79 Å². The van der Waals surface area contributed by atoms with E-state index in [9.17, 15) is 19.2 Å². The molecule has 0 fully saturated rings. The van der Waals surface area contributed by atoms with Gasteiger partial charge in [0.15, 0.2) is 0 Å². The van der Waals surface area contributed by atoms with Crippen molar-refractivity contribution in [3.63, 3.8) is 0 Å². The van der Waals surface area contributed by atoms with Gasteiger partial charge in [0.05, 0.1) is 23.8 Å². The number of thioether (sulfide) groups is 1. The quantitative estimate of drug-likeness (QED) is 0.241. The molecule has 1 aromatic heterocycles. The molecule has 206 valence electrons. The third-order valence-corrected chi connectivity index (χ3v) is 8.84. The number of carboxylic acid groups (broad SMARTS) is 1. The molecule has 3 N–H and O–H groups in total. The minimum atomic E-state index is -1.03. The normalized spacial score (nSPS) is 15.8. The maximum Gasteiger partial charge on any atom is 0.341 e. The molecule has 1 aromatic carbocycles. The number of esters is 1. The lowest BCUT2D eigenvalue weighted by molar-refractivity contribution is -0.138. The highest BCUT2D eigenvalue weighted by Crippen LogP contribution is 2.44. The molecule has 2 aromatic rings. The summed E-state index contributed by atoms with van der Waals surface area (Å²) in [5, 5.41) is 14.5. The van der Waals surface area contributed by atoms with Gasteiger partial charge in [0.25, 0.3) is 0 Å². The maximum absolute atomic E-state index is 13.2. The van der Waals surface area contributed by atoms with Crippen LogP contribution >= 0.6 is 23.1 Å². The average molecular weight is 561 g/mol. The van der Waals surface area contributed by atoms with E-state index in [0.717, 1.165) is 34.6 Å². The number of carboxylic acids is 1. The Labute approximate surface area is 231 Å². The van der Waals surface area contributed by atoms with Crippen LogP contribution in [-0.4, -0.2) is 40.7 Å². The number of rotatable bonds is 10. The lowest BCUT2D eigenvalue weighted by Gasteiger charge is -2.33. The van der Waals surface area contributed by atoms with Crippen LogP contribution in [-0.2, 0) is 32.0 Å². The number of anilines is 2. The number of hydrogen-bond donors (Lipinski definition) is 3. The fraction of sp³-hybridized carbons (Fsp3) is 0.500. The zero-order valence-corrected chi connectivity index (χ0v) is 24.1. The summed E-state index contributed by atoms with van der Waals surface area (Å²) < 4.78 is 5.34. The number of hydrogen-bond acceptors (Lipinski definition) is 7. The molecule has 8 nitrogen and oxygen atoms in total. The molecule has 0 aliphatic heterocycles. The van der Waals surface area contributed by atoms with Crippen molar-refractivity contribution in [1.82, 2.24) is 0 Å². The van der Waals surface area contributed by atoms with Gasteiger partial charge in [0.1, 0.15) is 5.00 Å². The number of carbonyl (C=O) groups excluding carboxylic acids is 3. The molecule has 2 unspecified atom stereocenters. The molecule has 0 saturated carbocycles. The van der Waals surface area contributed by atoms with Crippen LogP contribution in [0.2, 0.25) is 0 Å². The summed E-state index contributed by atoms with van der Waals surface area (Å²) in [6, 6.07) is 7.05. The minimum absolute atomic E-state index is 0.115. The van der Waals surface area contributed by atoms with Crippen LogP contribution in [0.5, 0.6) is 0 Å². The number of amides is 2. The van der Waals surface area contributed by atoms with Crippen molar-refractivity contribution in [3.05, 3.63) is 40.3 Å². The first-order chi connectivity index (χ1) is 17.9. The molecule has 0 bridgehead atoms. The topological polar surface area (TPSA) is 122 Å². The van der Waals surface area contributed by atoms with E-state index >= 15 is 0 Å². The molecule has 1 heterocycles. The fourth-order valence-electron chi connectivity index (χ4n) is 4.39. The number of thiophene rings is 1. The van der Waals surface area contributed by atoms with E-state index in [1.807, 2.05) is 6.07 Å². The molecule has 2 amide bonds. The van der Waals surface area contributed by atoms with Crippen molar-refractivity contribution >= 4 is 57.5 Å². The molecule has 0 saturated heterocycles. The highest BCUT2D eigenvalue weighted by molar-refractivity contribution is 8.00. The fourth-order valence-corrected chi connectivity index (χ4v) is 6.64. The van der Waals surface area contributed by atoms with E-state index in [2.05, 4.69) is 31.4 Å². The predicted molar refractivity (Wildman–Crippen MR) is 151 cm³/mol. The standard InChI is InChI=1S/C28H36N2O6S2/c1-6-36-27(35)24-20-11-10-17(28(3,4)5)14-21(20)38-26(24)30-25(34)16(2)37-19-9-7-8-18(15-19)29-22(31)12-13-23(32)33/h7-9,15-17H,6,10-14H2,1-5H3,(H,29,31)(H,30,34)(H,32,33). The Kier molecular flexibility index (Phi) is 10.0. The van der Waals surface area contributed by atoms with Crippen LogP contribution in [0.15, 0.2) is 29.2 Å². The first kappa shape index (κ1) is 29.7. The van der Waals surface area contributed by atoms with Crippen LogP contribution in [0.1, 0.15) is 74.7 Å². The monoisotopic (exact) mass is 560 g/mol. The Morgan fingerprint density at radius 2 is 1.92 bits per heavy atom. The largest absolute Gasteiger partial charge is 0.481 e. The number of ether oxygens (including phenoxy) is 1. The highest BCUT2D eigenvalue weighted by Gasteiger charge is 2.34. The Balaban J connectivity index is 1.72. The van der Waals surface area contributed by atoms with Gasteiger partial charge >= 0.3 is 11.9 Å². The van der Waals surface area contributed by atoms with E-state index in [1.54, 1.807) is 32.0 Å². The van der Waals surface area contributed by atoms with Crippen LogP contribution in [0.25, 0.3) is 0 Å². The third-order valence-electron chi connectivity index (χ3n) is 6.57. The average Bonchev–Trinajstić information content (AvgIpc) is 3.19. The zero-order chi connectivity index (χ0) is 28.0. The molecule has 3 rings (SSSR count). The third kappa shape index (κ3) is 7.83. The SMILES string of the molecule is CCOC(=O)c1c(NC(=O)C(C)Sc2cccc(NC(=O)CCC(=O)O)c2)sc2c1CCC(C(C)(C)C)C2. The summed E-state index contributed by atoms with van der Waals surface area (Å²) in [5.74, 6) is -1.56. The molecule has 0 spiro atoms. The van der Waals surface area contributed by atoms with Gasteiger partial charge in [-0.05, 0) is 68.2 Å². The van der Waals surface area contributed by atoms with Crippen molar-refractivity contribution in [1.29, 1.82) is 0 Å². The molecular formula is C28H36N2O6S2. The van der Waals surface area contributed by atoms with Gasteiger partial charge in [-0.1, -0.05) is 26.8 Å². The Hall–Kier alpha value is -2.85. The Bertz CT molecular complexity index is 1200. The van der Waals surface area contributed by atoms with E-state index in [4.69, 9.17) is 9.84 Å². The van der Waals surface area contributed by atoms with E-state index in [0.29, 0.717) is 22.2 Å². The van der Waals surface area contributed by atoms with Gasteiger partial charge in [0, 0.05) is 21.9 Å². The minimum Gasteiger partial charge on any atom is -0.481 e. The number of nitrogens with one attached hydrogen (secondary N) is 2. The van der Waals surface area contributed by atoms with Gasteiger partial charge in [-0.15, -0.1) is 23.1 Å². The smallest absolute Gasteiger partial charge is 0.341 e. The van der Waals surface area contributed by atoms with Crippen molar-refractivity contribution in [2.45, 2.75) is 76.9 Å². The summed E-state index contributed by atoms with van der Waals surface area (Å²) in [4.78, 5) is 50.7. The van der Waals surface area contributed by atoms with Gasteiger partial charge in [-0.3, -0.25) is 14.4 Å². The van der Waals surface area contributed by atoms with Crippen LogP contribution in [0.4, 0.5) is 10.7 Å². The maximum atomic E-state index is 13.2. The molecule has 1 aliphatic rings. The molecule has 1 aliphatic carbocycles. The summed E-state index contributed by atoms with van der Waals surface area (Å²) in [5.41, 5.74) is 2.17. The van der Waals surface area contributed by atoms with Gasteiger partial charge < -0.3 is 20.5 Å². The molecule has 38 heavy (non-hydrogen) atoms. The summed E-state index contributed by atoms with van der Waals surface area (Å²) in [7, 11) is 0. The van der Waals surface area contributed by atoms with Crippen molar-refractivity contribution < 1.29 is 29.0 Å². The first-order valence-corrected chi connectivity index (χ1v) is 14.5. The number of carbonyl (C=O) groups is 4. The Morgan fingerprint density at radius 3 is 2.58 bits per heavy atom. The van der Waals surface area contributed by atoms with Crippen LogP contribution in [0.3, 0.4) is 0 Å². The predicted octanol–water partition coefficient (Wildman–Crippen LogP) is 6.00. The number of benzene rings is 1. The number of aliphatic carboxylic acids is 1. The highest BCUT2D eigenvalue weighted by atomic mass is 32.2. The summed E-state index contributed by atoms with van der Waals surface area (Å²) in [6.45, 7) is 10.5. The van der Waals surface area contributed by atoms with Gasteiger partial charge in [-0.2, -0.15) is 0 Å². The molecule has 10 heteroatoms. The zero-order valence-electron chi connectivity index (χ0n) is 22.5. The molecule has 2 atom stereocenters. The molecule has 0 radical (unpaired) electrons. The van der Waals surface area contributed by atoms with Crippen molar-refractivity contribution in [2.24, 2.45) is 11.3 Å². The second-order valence-electron chi connectivity index (χ2n) is 10.5. The lowest BCUT2D eigenvalue weighted by Crippen LogP contribution is -2.27. The summed E-state index contributed by atoms with van der Waals surface area (Å²) >= 11 is 2.80. The van der Waals surface area contributed by atoms with Crippen LogP contribution < -0.4 is 10.6 Å². The first-order valence-electron chi connectivity index (χ1n) is 12.8. The second kappa shape index (κ2) is 12.8. The summed E-state index contributed by atoms with van der Waals surface area (Å²) in [6.07, 6.45) is 2.29. The second-order valence-corrected chi connectivity index (χ2v) is 13.0. The van der Waals surface area contributed by atoms with E-state index in [1.165, 1.54) is 23.1 Å². The van der Waals surface area contributed by atoms with Crippen molar-refractivity contribution in [3.8, 4) is 0 Å². The van der Waals surface area contributed by atoms with Crippen LogP contribution in [0, 0.1) is 11.3 Å². The van der Waals surface area contributed by atoms with E-state index < -0.39 is 17.2 Å².